The summed E-state index contributed by atoms with van der Waals surface area (Å²) < 4.78 is 0. The van der Waals surface area contributed by atoms with E-state index in [0.29, 0.717) is 5.56 Å². The van der Waals surface area contributed by atoms with Crippen LogP contribution in [0.5, 0.6) is 5.75 Å². The molecule has 0 radical (unpaired) electrons. The van der Waals surface area contributed by atoms with Gasteiger partial charge in [0.05, 0.1) is 12.6 Å². The molecule has 0 spiro atoms. The highest BCUT2D eigenvalue weighted by molar-refractivity contribution is 5.99. The second-order valence-corrected chi connectivity index (χ2v) is 6.54. The van der Waals surface area contributed by atoms with E-state index in [1.807, 2.05) is 56.3 Å². The lowest BCUT2D eigenvalue weighted by atomic mass is 9.96. The van der Waals surface area contributed by atoms with Crippen molar-refractivity contribution < 1.29 is 10.2 Å². The largest absolute Gasteiger partial charge is 0.507 e. The molecule has 0 saturated carbocycles. The van der Waals surface area contributed by atoms with Crippen molar-refractivity contribution in [3.05, 3.63) is 66.2 Å². The minimum Gasteiger partial charge on any atom is -0.507 e. The van der Waals surface area contributed by atoms with Crippen LogP contribution in [0.25, 0.3) is 21.9 Å². The number of fused-ring (bicyclic) bond motifs is 1. The van der Waals surface area contributed by atoms with E-state index in [1.54, 1.807) is 6.21 Å². The van der Waals surface area contributed by atoms with Crippen LogP contribution >= 0.6 is 0 Å². The SMILES string of the molecule is CC(C)[C@@H](CO)/N=C/c1cccc(-c2cccc3ccccc23)c1O. The van der Waals surface area contributed by atoms with Crippen LogP contribution in [0.4, 0.5) is 0 Å². The lowest BCUT2D eigenvalue weighted by Gasteiger charge is -2.13. The number of aliphatic hydroxyl groups is 1. The molecule has 0 fully saturated rings. The highest BCUT2D eigenvalue weighted by atomic mass is 16.3. The number of phenols is 1. The number of rotatable bonds is 5. The van der Waals surface area contributed by atoms with Gasteiger partial charge in [0.25, 0.3) is 0 Å². The summed E-state index contributed by atoms with van der Waals surface area (Å²) in [5.74, 6) is 0.452. The molecule has 3 aromatic rings. The summed E-state index contributed by atoms with van der Waals surface area (Å²) in [6, 6.07) is 19.7. The molecule has 0 saturated heterocycles. The maximum atomic E-state index is 10.8. The molecule has 0 aliphatic carbocycles. The minimum atomic E-state index is -0.166. The lowest BCUT2D eigenvalue weighted by molar-refractivity contribution is 0.240. The number of hydrogen-bond acceptors (Lipinski definition) is 3. The molecule has 3 heteroatoms. The Balaban J connectivity index is 2.06. The van der Waals surface area contributed by atoms with E-state index >= 15 is 0 Å². The number of phenolic OH excluding ortho intramolecular Hbond substituents is 1. The van der Waals surface area contributed by atoms with E-state index in [0.717, 1.165) is 21.9 Å². The van der Waals surface area contributed by atoms with E-state index < -0.39 is 0 Å². The Morgan fingerprint density at radius 3 is 2.36 bits per heavy atom. The number of hydrogen-bond donors (Lipinski definition) is 2. The van der Waals surface area contributed by atoms with Crippen molar-refractivity contribution in [2.75, 3.05) is 6.61 Å². The van der Waals surface area contributed by atoms with Crippen molar-refractivity contribution in [3.63, 3.8) is 0 Å². The van der Waals surface area contributed by atoms with Gasteiger partial charge in [-0.1, -0.05) is 68.4 Å². The third-order valence-electron chi connectivity index (χ3n) is 4.51. The Morgan fingerprint density at radius 2 is 1.60 bits per heavy atom. The smallest absolute Gasteiger partial charge is 0.132 e. The number of benzene rings is 3. The zero-order valence-electron chi connectivity index (χ0n) is 14.6. The highest BCUT2D eigenvalue weighted by Crippen LogP contribution is 2.35. The number of para-hydroxylation sites is 1. The summed E-state index contributed by atoms with van der Waals surface area (Å²) in [6.45, 7) is 4.03. The van der Waals surface area contributed by atoms with Crippen molar-refractivity contribution in [1.82, 2.24) is 0 Å². The second kappa shape index (κ2) is 7.49. The standard InChI is InChI=1S/C22H23NO2/c1-15(2)21(14-24)23-13-17-9-6-12-20(22(17)25)19-11-5-8-16-7-3-4-10-18(16)19/h3-13,15,21,24-25H,14H2,1-2H3/b23-13+/t21-/m1/s1. The molecule has 0 aliphatic rings. The Morgan fingerprint density at radius 1 is 0.920 bits per heavy atom. The first-order valence-electron chi connectivity index (χ1n) is 8.56. The van der Waals surface area contributed by atoms with Crippen LogP contribution < -0.4 is 0 Å². The number of aliphatic imine (C=N–C) groups is 1. The molecule has 1 atom stereocenters. The third-order valence-corrected chi connectivity index (χ3v) is 4.51. The summed E-state index contributed by atoms with van der Waals surface area (Å²) in [4.78, 5) is 4.43. The van der Waals surface area contributed by atoms with E-state index in [2.05, 4.69) is 23.2 Å². The molecule has 3 nitrogen and oxygen atoms in total. The van der Waals surface area contributed by atoms with Crippen molar-refractivity contribution in [1.29, 1.82) is 0 Å². The van der Waals surface area contributed by atoms with Crippen LogP contribution in [0.2, 0.25) is 0 Å². The monoisotopic (exact) mass is 333 g/mol. The first kappa shape index (κ1) is 17.2. The van der Waals surface area contributed by atoms with Gasteiger partial charge in [0.15, 0.2) is 0 Å². The molecule has 3 aromatic carbocycles. The Bertz CT molecular complexity index is 894. The van der Waals surface area contributed by atoms with Crippen LogP contribution in [-0.4, -0.2) is 29.1 Å². The van der Waals surface area contributed by atoms with Crippen LogP contribution in [0.15, 0.2) is 65.7 Å². The molecule has 3 rings (SSSR count). The first-order chi connectivity index (χ1) is 12.1. The maximum absolute atomic E-state index is 10.8. The van der Waals surface area contributed by atoms with Gasteiger partial charge in [0.1, 0.15) is 5.75 Å². The molecular formula is C22H23NO2. The quantitative estimate of drug-likeness (QED) is 0.668. The first-order valence-corrected chi connectivity index (χ1v) is 8.56. The van der Waals surface area contributed by atoms with E-state index in [9.17, 15) is 10.2 Å². The summed E-state index contributed by atoms with van der Waals surface area (Å²) in [5.41, 5.74) is 2.43. The maximum Gasteiger partial charge on any atom is 0.132 e. The Labute approximate surface area is 148 Å². The fraction of sp³-hybridized carbons (Fsp3) is 0.227. The fourth-order valence-corrected chi connectivity index (χ4v) is 2.95. The molecule has 0 unspecified atom stereocenters. The lowest BCUT2D eigenvalue weighted by Crippen LogP contribution is -2.17. The summed E-state index contributed by atoms with van der Waals surface area (Å²) in [5, 5.41) is 22.4. The number of aliphatic hydroxyl groups excluding tert-OH is 1. The third kappa shape index (κ3) is 3.57. The average molecular weight is 333 g/mol. The van der Waals surface area contributed by atoms with E-state index in [1.165, 1.54) is 0 Å². The van der Waals surface area contributed by atoms with E-state index in [4.69, 9.17) is 0 Å². The second-order valence-electron chi connectivity index (χ2n) is 6.54. The predicted molar refractivity (Wildman–Crippen MR) is 104 cm³/mol. The van der Waals surface area contributed by atoms with Crippen LogP contribution in [0, 0.1) is 5.92 Å². The zero-order valence-corrected chi connectivity index (χ0v) is 14.6. The van der Waals surface area contributed by atoms with Gasteiger partial charge in [0.2, 0.25) is 0 Å². The van der Waals surface area contributed by atoms with E-state index in [-0.39, 0.29) is 24.3 Å². The van der Waals surface area contributed by atoms with Gasteiger partial charge in [-0.25, -0.2) is 0 Å². The van der Waals surface area contributed by atoms with Gasteiger partial charge in [-0.2, -0.15) is 0 Å². The molecule has 0 bridgehead atoms. The zero-order chi connectivity index (χ0) is 17.8. The normalized spacial score (nSPS) is 13.0. The van der Waals surface area contributed by atoms with Crippen molar-refractivity contribution in [2.24, 2.45) is 10.9 Å². The topological polar surface area (TPSA) is 52.8 Å². The van der Waals surface area contributed by atoms with Gasteiger partial charge < -0.3 is 10.2 Å². The molecule has 25 heavy (non-hydrogen) atoms. The summed E-state index contributed by atoms with van der Waals surface area (Å²) >= 11 is 0. The van der Waals surface area contributed by atoms with Crippen molar-refractivity contribution in [3.8, 4) is 16.9 Å². The molecule has 0 aromatic heterocycles. The molecule has 0 aliphatic heterocycles. The molecule has 128 valence electrons. The highest BCUT2D eigenvalue weighted by Gasteiger charge is 2.12. The minimum absolute atomic E-state index is 0.00204. The van der Waals surface area contributed by atoms with Crippen LogP contribution in [0.1, 0.15) is 19.4 Å². The fourth-order valence-electron chi connectivity index (χ4n) is 2.95. The summed E-state index contributed by atoms with van der Waals surface area (Å²) in [7, 11) is 0. The van der Waals surface area contributed by atoms with Gasteiger partial charge in [-0.3, -0.25) is 4.99 Å². The van der Waals surface area contributed by atoms with Gasteiger partial charge >= 0.3 is 0 Å². The predicted octanol–water partition coefficient (Wildman–Crippen LogP) is 4.65. The van der Waals surface area contributed by atoms with Crippen LogP contribution in [0.3, 0.4) is 0 Å². The number of aromatic hydroxyl groups is 1. The number of nitrogens with zero attached hydrogens (tertiary/aromatic N) is 1. The molecular weight excluding hydrogens is 310 g/mol. The van der Waals surface area contributed by atoms with Crippen molar-refractivity contribution >= 4 is 17.0 Å². The van der Waals surface area contributed by atoms with Crippen LogP contribution in [-0.2, 0) is 0 Å². The van der Waals surface area contributed by atoms with Gasteiger partial charge in [0, 0.05) is 17.3 Å². The molecule has 2 N–H and O–H groups in total. The Hall–Kier alpha value is -2.65. The van der Waals surface area contributed by atoms with Gasteiger partial charge in [-0.05, 0) is 28.3 Å². The summed E-state index contributed by atoms with van der Waals surface area (Å²) in [6.07, 6.45) is 1.66. The van der Waals surface area contributed by atoms with Crippen molar-refractivity contribution in [2.45, 2.75) is 19.9 Å². The molecule has 0 heterocycles. The Kier molecular flexibility index (Phi) is 5.15. The van der Waals surface area contributed by atoms with Gasteiger partial charge in [-0.15, -0.1) is 0 Å². The molecule has 0 amide bonds. The average Bonchev–Trinajstić information content (AvgIpc) is 2.63.